The highest BCUT2D eigenvalue weighted by atomic mass is 16.2. The van der Waals surface area contributed by atoms with E-state index in [1.54, 1.807) is 0 Å². The van der Waals surface area contributed by atoms with Gasteiger partial charge in [0.15, 0.2) is 5.82 Å². The number of aromatic amines is 1. The fraction of sp³-hybridized carbons (Fsp3) is 0.789. The minimum absolute atomic E-state index is 0.106. The van der Waals surface area contributed by atoms with Crippen LogP contribution >= 0.6 is 0 Å². The van der Waals surface area contributed by atoms with Gasteiger partial charge in [0.2, 0.25) is 5.91 Å². The van der Waals surface area contributed by atoms with Gasteiger partial charge in [0.25, 0.3) is 0 Å². The summed E-state index contributed by atoms with van der Waals surface area (Å²) in [7, 11) is 0. The van der Waals surface area contributed by atoms with E-state index >= 15 is 0 Å². The molecule has 3 aliphatic rings. The minimum Gasteiger partial charge on any atom is -0.327 e. The van der Waals surface area contributed by atoms with E-state index < -0.39 is 0 Å². The maximum absolute atomic E-state index is 12.7. The Labute approximate surface area is 144 Å². The van der Waals surface area contributed by atoms with E-state index in [1.165, 1.54) is 57.1 Å². The molecule has 132 valence electrons. The van der Waals surface area contributed by atoms with Gasteiger partial charge in [-0.1, -0.05) is 25.7 Å². The normalized spacial score (nSPS) is 34.0. The largest absolute Gasteiger partial charge is 0.327 e. The number of anilines is 1. The lowest BCUT2D eigenvalue weighted by molar-refractivity contribution is -0.122. The Morgan fingerprint density at radius 1 is 1.08 bits per heavy atom. The van der Waals surface area contributed by atoms with Crippen molar-refractivity contribution in [2.75, 3.05) is 5.32 Å². The average molecular weight is 330 g/mol. The molecule has 0 aliphatic heterocycles. The third-order valence-corrected chi connectivity index (χ3v) is 6.68. The Balaban J connectivity index is 1.37. The van der Waals surface area contributed by atoms with Gasteiger partial charge in [-0.25, -0.2) is 0 Å². The summed E-state index contributed by atoms with van der Waals surface area (Å²) < 4.78 is 0. The highest BCUT2D eigenvalue weighted by Gasteiger charge is 2.40. The number of aromatic nitrogens is 2. The van der Waals surface area contributed by atoms with Crippen molar-refractivity contribution in [1.82, 2.24) is 10.2 Å². The van der Waals surface area contributed by atoms with Crippen LogP contribution in [0.4, 0.5) is 5.82 Å². The zero-order valence-corrected chi connectivity index (χ0v) is 14.5. The van der Waals surface area contributed by atoms with Crippen molar-refractivity contribution in [2.45, 2.75) is 76.2 Å². The molecule has 3 aliphatic carbocycles. The second kappa shape index (κ2) is 6.87. The Morgan fingerprint density at radius 3 is 2.50 bits per heavy atom. The fourth-order valence-electron chi connectivity index (χ4n) is 5.25. The SMILES string of the molecule is NC1C2CCCC1CC(C(=O)Nc1cc(C3CCCCC3)[nH]n1)C2. The van der Waals surface area contributed by atoms with E-state index in [2.05, 4.69) is 15.5 Å². The number of nitrogens with two attached hydrogens (primary N) is 1. The summed E-state index contributed by atoms with van der Waals surface area (Å²) in [5.74, 6) is 2.59. The summed E-state index contributed by atoms with van der Waals surface area (Å²) in [5.41, 5.74) is 7.52. The zero-order valence-electron chi connectivity index (χ0n) is 14.5. The molecule has 4 N–H and O–H groups in total. The Morgan fingerprint density at radius 2 is 1.79 bits per heavy atom. The Hall–Kier alpha value is -1.36. The molecule has 3 saturated carbocycles. The minimum atomic E-state index is 0.106. The van der Waals surface area contributed by atoms with Crippen molar-refractivity contribution in [3.8, 4) is 0 Å². The highest BCUT2D eigenvalue weighted by molar-refractivity contribution is 5.91. The number of carbonyl (C=O) groups is 1. The smallest absolute Gasteiger partial charge is 0.228 e. The van der Waals surface area contributed by atoms with Gasteiger partial charge in [0.1, 0.15) is 0 Å². The molecule has 0 spiro atoms. The lowest BCUT2D eigenvalue weighted by Crippen LogP contribution is -2.48. The van der Waals surface area contributed by atoms with Crippen LogP contribution in [-0.4, -0.2) is 22.1 Å². The van der Waals surface area contributed by atoms with Gasteiger partial charge in [0, 0.05) is 29.6 Å². The van der Waals surface area contributed by atoms with Crippen LogP contribution in [0.5, 0.6) is 0 Å². The summed E-state index contributed by atoms with van der Waals surface area (Å²) in [6.07, 6.45) is 12.0. The van der Waals surface area contributed by atoms with E-state index in [1.807, 2.05) is 6.07 Å². The third-order valence-electron chi connectivity index (χ3n) is 6.68. The molecule has 3 fully saturated rings. The molecule has 2 unspecified atom stereocenters. The number of nitrogens with one attached hydrogen (secondary N) is 2. The van der Waals surface area contributed by atoms with Crippen molar-refractivity contribution < 1.29 is 4.79 Å². The molecule has 2 atom stereocenters. The molecule has 2 bridgehead atoms. The van der Waals surface area contributed by atoms with Gasteiger partial charge in [-0.05, 0) is 50.4 Å². The van der Waals surface area contributed by atoms with Crippen molar-refractivity contribution in [3.63, 3.8) is 0 Å². The van der Waals surface area contributed by atoms with E-state index in [9.17, 15) is 4.79 Å². The standard InChI is InChI=1S/C19H30N4O/c20-18-13-7-4-8-14(18)10-15(9-13)19(24)21-17-11-16(22-23-17)12-5-2-1-3-6-12/h11-15,18H,1-10,20H2,(H2,21,22,23,24). The number of rotatable bonds is 3. The lowest BCUT2D eigenvalue weighted by Gasteiger charge is -2.43. The van der Waals surface area contributed by atoms with Gasteiger partial charge >= 0.3 is 0 Å². The van der Waals surface area contributed by atoms with Gasteiger partial charge in [-0.2, -0.15) is 5.10 Å². The highest BCUT2D eigenvalue weighted by Crippen LogP contribution is 2.42. The summed E-state index contributed by atoms with van der Waals surface area (Å²) in [4.78, 5) is 12.7. The third kappa shape index (κ3) is 3.23. The van der Waals surface area contributed by atoms with Gasteiger partial charge < -0.3 is 11.1 Å². The first-order valence-electron chi connectivity index (χ1n) is 9.82. The predicted octanol–water partition coefficient (Wildman–Crippen LogP) is 3.55. The summed E-state index contributed by atoms with van der Waals surface area (Å²) >= 11 is 0. The number of amides is 1. The molecular formula is C19H30N4O. The molecule has 4 rings (SSSR count). The van der Waals surface area contributed by atoms with Crippen LogP contribution in [0.25, 0.3) is 0 Å². The van der Waals surface area contributed by atoms with Crippen molar-refractivity contribution >= 4 is 11.7 Å². The molecule has 1 aromatic heterocycles. The van der Waals surface area contributed by atoms with Crippen molar-refractivity contribution in [2.24, 2.45) is 23.5 Å². The maximum atomic E-state index is 12.7. The van der Waals surface area contributed by atoms with Crippen molar-refractivity contribution in [3.05, 3.63) is 11.8 Å². The van der Waals surface area contributed by atoms with Crippen LogP contribution in [-0.2, 0) is 4.79 Å². The monoisotopic (exact) mass is 330 g/mol. The molecule has 1 heterocycles. The zero-order chi connectivity index (χ0) is 16.5. The molecule has 1 amide bonds. The summed E-state index contributed by atoms with van der Waals surface area (Å²) in [5, 5.41) is 10.5. The second-order valence-corrected chi connectivity index (χ2v) is 8.23. The van der Waals surface area contributed by atoms with E-state index in [4.69, 9.17) is 5.73 Å². The molecular weight excluding hydrogens is 300 g/mol. The molecule has 0 radical (unpaired) electrons. The Kier molecular flexibility index (Phi) is 4.61. The first-order chi connectivity index (χ1) is 11.7. The topological polar surface area (TPSA) is 83.8 Å². The van der Waals surface area contributed by atoms with Crippen LogP contribution in [0.15, 0.2) is 6.07 Å². The average Bonchev–Trinajstić information content (AvgIpc) is 3.04. The fourth-order valence-corrected chi connectivity index (χ4v) is 5.25. The lowest BCUT2D eigenvalue weighted by atomic mass is 9.65. The number of hydrogen-bond donors (Lipinski definition) is 3. The molecule has 0 saturated heterocycles. The van der Waals surface area contributed by atoms with Gasteiger partial charge in [0.05, 0.1) is 0 Å². The van der Waals surface area contributed by atoms with Crippen molar-refractivity contribution in [1.29, 1.82) is 0 Å². The number of hydrogen-bond acceptors (Lipinski definition) is 3. The van der Waals surface area contributed by atoms with Crippen LogP contribution in [0, 0.1) is 17.8 Å². The number of H-pyrrole nitrogens is 1. The molecule has 24 heavy (non-hydrogen) atoms. The first-order valence-corrected chi connectivity index (χ1v) is 9.82. The van der Waals surface area contributed by atoms with Crippen LogP contribution in [0.3, 0.4) is 0 Å². The summed E-state index contributed by atoms with van der Waals surface area (Å²) in [6, 6.07) is 2.36. The van der Waals surface area contributed by atoms with Crippen LogP contribution in [0.2, 0.25) is 0 Å². The van der Waals surface area contributed by atoms with E-state index in [-0.39, 0.29) is 11.8 Å². The van der Waals surface area contributed by atoms with Gasteiger partial charge in [-0.15, -0.1) is 0 Å². The molecule has 0 aromatic carbocycles. The van der Waals surface area contributed by atoms with Crippen LogP contribution in [0.1, 0.15) is 75.8 Å². The van der Waals surface area contributed by atoms with E-state index in [0.29, 0.717) is 29.6 Å². The summed E-state index contributed by atoms with van der Waals surface area (Å²) in [6.45, 7) is 0. The van der Waals surface area contributed by atoms with Crippen LogP contribution < -0.4 is 11.1 Å². The molecule has 5 heteroatoms. The Bertz CT molecular complexity index is 564. The maximum Gasteiger partial charge on any atom is 0.228 e. The first kappa shape index (κ1) is 16.1. The predicted molar refractivity (Wildman–Crippen MR) is 94.6 cm³/mol. The second-order valence-electron chi connectivity index (χ2n) is 8.23. The van der Waals surface area contributed by atoms with E-state index in [0.717, 1.165) is 12.8 Å². The number of carbonyl (C=O) groups excluding carboxylic acids is 1. The van der Waals surface area contributed by atoms with Gasteiger partial charge in [-0.3, -0.25) is 9.89 Å². The molecule has 5 nitrogen and oxygen atoms in total. The number of nitrogens with zero attached hydrogens (tertiary/aromatic N) is 1. The quantitative estimate of drug-likeness (QED) is 0.792. The molecule has 1 aromatic rings. The number of fused-ring (bicyclic) bond motifs is 2.